The average Bonchev–Trinajstić information content (AvgIpc) is 2.63. The summed E-state index contributed by atoms with van der Waals surface area (Å²) in [5.41, 5.74) is 0. The van der Waals surface area contributed by atoms with Gasteiger partial charge < -0.3 is 4.74 Å². The first-order valence-corrected chi connectivity index (χ1v) is 7.81. The molecule has 0 aliphatic carbocycles. The summed E-state index contributed by atoms with van der Waals surface area (Å²) in [5, 5.41) is 0. The molecule has 0 N–H and O–H groups in total. The Balaban J connectivity index is 6.79. The number of alkyl halides is 24. The van der Waals surface area contributed by atoms with Crippen LogP contribution in [-0.2, 0) is 14.3 Å². The van der Waals surface area contributed by atoms with Crippen LogP contribution in [0.15, 0.2) is 0 Å². The van der Waals surface area contributed by atoms with Crippen molar-refractivity contribution in [3.05, 3.63) is 0 Å². The predicted octanol–water partition coefficient (Wildman–Crippen LogP) is 7.26. The van der Waals surface area contributed by atoms with Crippen LogP contribution in [0.3, 0.4) is 0 Å². The topological polar surface area (TPSA) is 35.5 Å². The molecule has 0 aliphatic heterocycles. The van der Waals surface area contributed by atoms with Crippen LogP contribution < -0.4 is 0 Å². The summed E-state index contributed by atoms with van der Waals surface area (Å²) in [5.74, 6) is -66.8. The first-order valence-electron chi connectivity index (χ1n) is 7.81. The van der Waals surface area contributed by atoms with Gasteiger partial charge in [-0.1, -0.05) is 0 Å². The summed E-state index contributed by atoms with van der Waals surface area (Å²) in [6, 6.07) is 0. The molecule has 27 heteroatoms. The van der Waals surface area contributed by atoms with Gasteiger partial charge in [-0.3, -0.25) is 0 Å². The lowest BCUT2D eigenvalue weighted by Crippen LogP contribution is -2.75. The van der Waals surface area contributed by atoms with Gasteiger partial charge in [0, 0.05) is 0 Å². The Morgan fingerprint density at radius 3 is 0.949 bits per heavy atom. The molecule has 0 heterocycles. The van der Waals surface area contributed by atoms with Crippen LogP contribution in [0.1, 0.15) is 0 Å². The molecule has 0 aromatic rings. The van der Waals surface area contributed by atoms with Crippen LogP contribution >= 0.6 is 0 Å². The molecule has 0 amide bonds. The van der Waals surface area contributed by atoms with Crippen LogP contribution in [0, 0.1) is 0 Å². The summed E-state index contributed by atoms with van der Waals surface area (Å²) in [4.78, 5) is 10.3. The molecule has 0 fully saturated rings. The van der Waals surface area contributed by atoms with Crippen molar-refractivity contribution < 1.29 is 120 Å². The maximum Gasteiger partial charge on any atom is 0.575 e. The second-order valence-corrected chi connectivity index (χ2v) is 6.49. The van der Waals surface area contributed by atoms with Crippen molar-refractivity contribution in [3.63, 3.8) is 0 Å². The lowest BCUT2D eigenvalue weighted by atomic mass is 9.90. The van der Waals surface area contributed by atoms with Gasteiger partial charge in [0.1, 0.15) is 0 Å². The molecule has 0 saturated heterocycles. The van der Waals surface area contributed by atoms with E-state index in [1.165, 1.54) is 0 Å². The Hall–Kier alpha value is -2.25. The van der Waals surface area contributed by atoms with Crippen molar-refractivity contribution in [2.75, 3.05) is 0 Å². The third-order valence-corrected chi connectivity index (χ3v) is 3.78. The molecule has 0 radical (unpaired) electrons. The van der Waals surface area contributed by atoms with E-state index in [2.05, 4.69) is 0 Å². The van der Waals surface area contributed by atoms with Crippen LogP contribution in [0.2, 0.25) is 0 Å². The molecule has 0 aromatic carbocycles. The van der Waals surface area contributed by atoms with Gasteiger partial charge in [-0.05, 0) is 0 Å². The zero-order valence-corrected chi connectivity index (χ0v) is 16.3. The lowest BCUT2D eigenvalue weighted by Gasteiger charge is -2.42. The Labute approximate surface area is 193 Å². The summed E-state index contributed by atoms with van der Waals surface area (Å²) in [6.45, 7) is 0. The maximum absolute atomic E-state index is 13.4. The summed E-state index contributed by atoms with van der Waals surface area (Å²) in [6.07, 6.45) is -31.4. The summed E-state index contributed by atoms with van der Waals surface area (Å²) >= 11 is 0. The highest BCUT2D eigenvalue weighted by molar-refractivity contribution is 5.78. The minimum atomic E-state index is -9.30. The van der Waals surface area contributed by atoms with Gasteiger partial charge in [0.15, 0.2) is 0 Å². The van der Waals surface area contributed by atoms with E-state index in [1.54, 1.807) is 4.74 Å². The van der Waals surface area contributed by atoms with E-state index in [-0.39, 0.29) is 0 Å². The highest BCUT2D eigenvalue weighted by Gasteiger charge is 2.96. The Kier molecular flexibility index (Phi) is 8.61. The quantitative estimate of drug-likeness (QED) is 0.185. The van der Waals surface area contributed by atoms with E-state index < -0.39 is 72.2 Å². The Bertz CT molecular complexity index is 908. The highest BCUT2D eigenvalue weighted by Crippen LogP contribution is 2.64. The monoisotopic (exact) mass is 648 g/mol. The Morgan fingerprint density at radius 1 is 0.385 bits per heavy atom. The molecule has 0 spiro atoms. The Morgan fingerprint density at radius 2 is 0.667 bits per heavy atom. The van der Waals surface area contributed by atoms with E-state index in [4.69, 9.17) is 0 Å². The van der Waals surface area contributed by atoms with Crippen LogP contribution in [0.5, 0.6) is 0 Å². The van der Waals surface area contributed by atoms with Gasteiger partial charge >= 0.3 is 72.2 Å². The number of rotatable bonds is 10. The van der Waals surface area contributed by atoms with E-state index >= 15 is 0 Å². The fourth-order valence-electron chi connectivity index (χ4n) is 1.73. The minimum absolute atomic E-state index is 0.983. The van der Waals surface area contributed by atoms with E-state index in [9.17, 15) is 110 Å². The molecule has 3 nitrogen and oxygen atoms in total. The number of carbonyl (C=O) groups is 1. The summed E-state index contributed by atoms with van der Waals surface area (Å²) in [7, 11) is 0. The lowest BCUT2D eigenvalue weighted by molar-refractivity contribution is -0.508. The SMILES string of the molecule is O=C(OC(F)(F)F)C(F)(F)C(F)(F)OC(F)(F)C(F)(F)C(F)(F)C(F)(F)C(F)(F)C(F)(F)C(F)(F)C(F)(F)F. The number of ether oxygens (including phenoxy) is 2. The van der Waals surface area contributed by atoms with Crippen molar-refractivity contribution in [2.24, 2.45) is 0 Å². The van der Waals surface area contributed by atoms with Crippen molar-refractivity contribution in [1.82, 2.24) is 0 Å². The number of carbonyl (C=O) groups excluding carboxylic acids is 1. The molecular formula is C12F24O3. The smallest absolute Gasteiger partial charge is 0.368 e. The van der Waals surface area contributed by atoms with Crippen molar-refractivity contribution >= 4 is 5.97 Å². The minimum Gasteiger partial charge on any atom is -0.368 e. The predicted molar refractivity (Wildman–Crippen MR) is 63.8 cm³/mol. The van der Waals surface area contributed by atoms with E-state index in [1.807, 2.05) is 0 Å². The molecule has 234 valence electrons. The van der Waals surface area contributed by atoms with Crippen molar-refractivity contribution in [3.8, 4) is 0 Å². The first-order chi connectivity index (χ1) is 16.3. The molecule has 0 atom stereocenters. The third-order valence-electron chi connectivity index (χ3n) is 3.78. The average molecular weight is 648 g/mol. The highest BCUT2D eigenvalue weighted by atomic mass is 19.4. The molecule has 0 rings (SSSR count). The molecule has 0 bridgehead atoms. The third kappa shape index (κ3) is 5.41. The van der Waals surface area contributed by atoms with Crippen LogP contribution in [0.4, 0.5) is 105 Å². The van der Waals surface area contributed by atoms with Gasteiger partial charge in [-0.2, -0.15) is 92.2 Å². The second kappa shape index (κ2) is 9.13. The molecule has 0 unspecified atom stereocenters. The van der Waals surface area contributed by atoms with Crippen molar-refractivity contribution in [2.45, 2.75) is 66.2 Å². The van der Waals surface area contributed by atoms with Gasteiger partial charge in [0.05, 0.1) is 0 Å². The van der Waals surface area contributed by atoms with E-state index in [0.29, 0.717) is 0 Å². The zero-order valence-electron chi connectivity index (χ0n) is 16.3. The molecule has 0 aliphatic rings. The number of halogens is 24. The fourth-order valence-corrected chi connectivity index (χ4v) is 1.73. The van der Waals surface area contributed by atoms with E-state index in [0.717, 1.165) is 4.74 Å². The molecule has 0 saturated carbocycles. The van der Waals surface area contributed by atoms with Gasteiger partial charge in [-0.25, -0.2) is 9.53 Å². The number of hydrogen-bond acceptors (Lipinski definition) is 3. The van der Waals surface area contributed by atoms with Crippen molar-refractivity contribution in [1.29, 1.82) is 0 Å². The van der Waals surface area contributed by atoms with Gasteiger partial charge in [0.25, 0.3) is 0 Å². The standard InChI is InChI=1S/C12F24O3/c13-2(14,1(37)38-12(34,35)36)10(30,31)39-11(32,33)8(25,26)6(21,22)4(17,18)3(15,16)5(19,20)7(23,24)9(27,28)29. The number of esters is 1. The van der Waals surface area contributed by atoms with Gasteiger partial charge in [0.2, 0.25) is 0 Å². The van der Waals surface area contributed by atoms with Gasteiger partial charge in [-0.15, -0.1) is 13.2 Å². The zero-order chi connectivity index (χ0) is 32.5. The molecular weight excluding hydrogens is 648 g/mol. The molecule has 0 aromatic heterocycles. The molecule has 39 heavy (non-hydrogen) atoms. The van der Waals surface area contributed by atoms with Crippen LogP contribution in [0.25, 0.3) is 0 Å². The summed E-state index contributed by atoms with van der Waals surface area (Å²) < 4.78 is 309. The largest absolute Gasteiger partial charge is 0.575 e. The number of hydrogen-bond donors (Lipinski definition) is 0. The maximum atomic E-state index is 13.4. The second-order valence-electron chi connectivity index (χ2n) is 6.49. The van der Waals surface area contributed by atoms with Crippen LogP contribution in [-0.4, -0.2) is 72.2 Å². The first kappa shape index (κ1) is 36.8. The normalized spacial score (nSPS) is 16.4. The fraction of sp³-hybridized carbons (Fsp3) is 0.917.